The summed E-state index contributed by atoms with van der Waals surface area (Å²) in [5, 5.41) is 1.23. The van der Waals surface area contributed by atoms with Crippen molar-refractivity contribution >= 4 is 23.2 Å². The van der Waals surface area contributed by atoms with Crippen LogP contribution < -0.4 is 0 Å². The zero-order valence-electron chi connectivity index (χ0n) is 6.27. The summed E-state index contributed by atoms with van der Waals surface area (Å²) in [4.78, 5) is 0. The quantitative estimate of drug-likeness (QED) is 0.658. The van der Waals surface area contributed by atoms with Crippen LogP contribution in [0.3, 0.4) is 0 Å². The first-order valence-corrected chi connectivity index (χ1v) is 4.28. The maximum absolute atomic E-state index is 5.80. The van der Waals surface area contributed by atoms with Crippen molar-refractivity contribution in [3.05, 3.63) is 40.2 Å². The minimum Gasteiger partial charge on any atom is -0.0827 e. The highest BCUT2D eigenvalue weighted by atomic mass is 35.5. The van der Waals surface area contributed by atoms with E-state index in [-0.39, 0.29) is 0 Å². The molecule has 0 saturated carbocycles. The largest absolute Gasteiger partial charge is 0.0827 e. The van der Waals surface area contributed by atoms with E-state index in [1.54, 1.807) is 0 Å². The molecule has 1 rings (SSSR count). The Bertz CT molecular complexity index is 243. The summed E-state index contributed by atoms with van der Waals surface area (Å²) >= 11 is 11.5. The van der Waals surface area contributed by atoms with Gasteiger partial charge in [-0.15, -0.1) is 0 Å². The number of halogens is 2. The number of hydrogen-bond acceptors (Lipinski definition) is 0. The summed E-state index contributed by atoms with van der Waals surface area (Å²) in [7, 11) is 0. The van der Waals surface area contributed by atoms with Crippen molar-refractivity contribution in [3.63, 3.8) is 0 Å². The second kappa shape index (κ2) is 3.99. The summed E-state index contributed by atoms with van der Waals surface area (Å²) in [6.07, 6.45) is 3.11. The fourth-order valence-electron chi connectivity index (χ4n) is 0.875. The van der Waals surface area contributed by atoms with Crippen molar-refractivity contribution in [2.75, 3.05) is 0 Å². The highest BCUT2D eigenvalue weighted by Crippen LogP contribution is 2.23. The van der Waals surface area contributed by atoms with Gasteiger partial charge in [0.05, 0.1) is 10.0 Å². The van der Waals surface area contributed by atoms with Gasteiger partial charge in [-0.1, -0.05) is 36.2 Å². The van der Waals surface area contributed by atoms with E-state index in [0.29, 0.717) is 10.0 Å². The average molecular weight is 188 g/mol. The maximum atomic E-state index is 5.80. The van der Waals surface area contributed by atoms with Crippen molar-refractivity contribution in [3.8, 4) is 0 Å². The third kappa shape index (κ3) is 2.39. The van der Waals surface area contributed by atoms with Crippen LogP contribution in [0.1, 0.15) is 18.9 Å². The van der Waals surface area contributed by atoms with Crippen molar-refractivity contribution in [1.82, 2.24) is 0 Å². The van der Waals surface area contributed by atoms with Crippen molar-refractivity contribution < 1.29 is 0 Å². The molecule has 0 heterocycles. The summed E-state index contributed by atoms with van der Waals surface area (Å²) in [5.74, 6) is 0. The molecule has 0 saturated heterocycles. The molecule has 11 heavy (non-hydrogen) atoms. The van der Waals surface area contributed by atoms with Crippen molar-refractivity contribution in [2.45, 2.75) is 13.3 Å². The molecule has 0 amide bonds. The molecule has 0 atom stereocenters. The first-order valence-electron chi connectivity index (χ1n) is 3.52. The molecule has 1 aromatic carbocycles. The standard InChI is InChI=1S/C9H9Cl2/c1-2-3-7-4-5-8(10)9(11)6-7/h3-6H,2H2,1H3. The van der Waals surface area contributed by atoms with Crippen molar-refractivity contribution in [2.24, 2.45) is 0 Å². The molecular formula is C9H9Cl2. The Kier molecular flexibility index (Phi) is 3.22. The Balaban J connectivity index is 2.86. The predicted octanol–water partition coefficient (Wildman–Crippen LogP) is 3.96. The van der Waals surface area contributed by atoms with Crippen LogP contribution in [0.5, 0.6) is 0 Å². The van der Waals surface area contributed by atoms with Gasteiger partial charge in [0.1, 0.15) is 0 Å². The second-order valence-electron chi connectivity index (χ2n) is 2.29. The monoisotopic (exact) mass is 187 g/mol. The summed E-state index contributed by atoms with van der Waals surface area (Å²) in [6.45, 7) is 2.09. The number of hydrogen-bond donors (Lipinski definition) is 0. The van der Waals surface area contributed by atoms with Crippen LogP contribution in [0.15, 0.2) is 18.2 Å². The fourth-order valence-corrected chi connectivity index (χ4v) is 1.18. The fraction of sp³-hybridized carbons (Fsp3) is 0.222. The summed E-state index contributed by atoms with van der Waals surface area (Å²) < 4.78 is 0. The normalized spacial score (nSPS) is 10.1. The Hall–Kier alpha value is -0.200. The Morgan fingerprint density at radius 2 is 2.00 bits per heavy atom. The zero-order chi connectivity index (χ0) is 8.27. The van der Waals surface area contributed by atoms with Crippen LogP contribution in [-0.4, -0.2) is 0 Å². The van der Waals surface area contributed by atoms with Gasteiger partial charge in [-0.25, -0.2) is 0 Å². The van der Waals surface area contributed by atoms with Gasteiger partial charge in [-0.05, 0) is 30.5 Å². The lowest BCUT2D eigenvalue weighted by molar-refractivity contribution is 1.12. The molecule has 0 spiro atoms. The minimum atomic E-state index is 0.611. The zero-order valence-corrected chi connectivity index (χ0v) is 7.78. The lowest BCUT2D eigenvalue weighted by Crippen LogP contribution is -1.79. The smallest absolute Gasteiger partial charge is 0.0595 e. The topological polar surface area (TPSA) is 0 Å². The number of rotatable bonds is 2. The lowest BCUT2D eigenvalue weighted by Gasteiger charge is -1.99. The molecule has 0 aliphatic carbocycles. The van der Waals surface area contributed by atoms with Gasteiger partial charge in [0, 0.05) is 0 Å². The van der Waals surface area contributed by atoms with E-state index in [1.807, 2.05) is 18.2 Å². The molecule has 2 heteroatoms. The highest BCUT2D eigenvalue weighted by Gasteiger charge is 1.97. The predicted molar refractivity (Wildman–Crippen MR) is 50.2 cm³/mol. The molecule has 0 fully saturated rings. The molecule has 59 valence electrons. The van der Waals surface area contributed by atoms with E-state index in [1.165, 1.54) is 0 Å². The third-order valence-corrected chi connectivity index (χ3v) is 2.12. The second-order valence-corrected chi connectivity index (χ2v) is 3.10. The van der Waals surface area contributed by atoms with E-state index in [0.717, 1.165) is 12.0 Å². The van der Waals surface area contributed by atoms with Gasteiger partial charge in [0.25, 0.3) is 0 Å². The van der Waals surface area contributed by atoms with E-state index in [9.17, 15) is 0 Å². The molecule has 0 N–H and O–H groups in total. The Morgan fingerprint density at radius 1 is 1.27 bits per heavy atom. The van der Waals surface area contributed by atoms with Gasteiger partial charge in [-0.2, -0.15) is 0 Å². The van der Waals surface area contributed by atoms with Gasteiger partial charge in [0.15, 0.2) is 0 Å². The average Bonchev–Trinajstić information content (AvgIpc) is 1.98. The van der Waals surface area contributed by atoms with Gasteiger partial charge in [0.2, 0.25) is 0 Å². The van der Waals surface area contributed by atoms with E-state index in [4.69, 9.17) is 23.2 Å². The van der Waals surface area contributed by atoms with E-state index < -0.39 is 0 Å². The van der Waals surface area contributed by atoms with E-state index >= 15 is 0 Å². The molecule has 0 unspecified atom stereocenters. The van der Waals surface area contributed by atoms with Crippen molar-refractivity contribution in [1.29, 1.82) is 0 Å². The Labute approximate surface area is 77.1 Å². The van der Waals surface area contributed by atoms with Crippen LogP contribution in [0.4, 0.5) is 0 Å². The van der Waals surface area contributed by atoms with Crippen LogP contribution in [0.25, 0.3) is 0 Å². The number of benzene rings is 1. The van der Waals surface area contributed by atoms with Gasteiger partial charge >= 0.3 is 0 Å². The summed E-state index contributed by atoms with van der Waals surface area (Å²) in [5.41, 5.74) is 1.13. The van der Waals surface area contributed by atoms with Crippen LogP contribution in [-0.2, 0) is 0 Å². The maximum Gasteiger partial charge on any atom is 0.0595 e. The SMILES string of the molecule is CC[CH]c1ccc(Cl)c(Cl)c1. The molecular weight excluding hydrogens is 179 g/mol. The highest BCUT2D eigenvalue weighted by molar-refractivity contribution is 6.42. The van der Waals surface area contributed by atoms with E-state index in [2.05, 4.69) is 13.3 Å². The molecule has 0 bridgehead atoms. The van der Waals surface area contributed by atoms with Crippen LogP contribution in [0, 0.1) is 6.42 Å². The molecule has 1 aromatic rings. The Morgan fingerprint density at radius 3 is 2.55 bits per heavy atom. The molecule has 0 aromatic heterocycles. The van der Waals surface area contributed by atoms with Gasteiger partial charge in [-0.3, -0.25) is 0 Å². The van der Waals surface area contributed by atoms with Crippen LogP contribution >= 0.6 is 23.2 Å². The molecule has 0 aliphatic heterocycles. The third-order valence-electron chi connectivity index (χ3n) is 1.38. The minimum absolute atomic E-state index is 0.611. The lowest BCUT2D eigenvalue weighted by atomic mass is 10.1. The summed E-state index contributed by atoms with van der Waals surface area (Å²) in [6, 6.07) is 5.64. The van der Waals surface area contributed by atoms with Gasteiger partial charge < -0.3 is 0 Å². The van der Waals surface area contributed by atoms with Crippen LogP contribution in [0.2, 0.25) is 10.0 Å². The first-order chi connectivity index (χ1) is 5.24. The molecule has 1 radical (unpaired) electrons. The molecule has 0 nitrogen and oxygen atoms in total. The molecule has 0 aliphatic rings. The first kappa shape index (κ1) is 8.89.